The number of carbonyl (C=O) groups excluding carboxylic acids is 1. The van der Waals surface area contributed by atoms with E-state index in [-0.39, 0.29) is 41.9 Å². The summed E-state index contributed by atoms with van der Waals surface area (Å²) >= 11 is 6.16. The fraction of sp³-hybridized carbons (Fsp3) is 0.300. The number of hydrogen-bond acceptors (Lipinski definition) is 6. The van der Waals surface area contributed by atoms with Crippen LogP contribution < -0.4 is 39.6 Å². The molecule has 0 saturated carbocycles. The van der Waals surface area contributed by atoms with Crippen molar-refractivity contribution in [1.29, 1.82) is 0 Å². The predicted octanol–water partition coefficient (Wildman–Crippen LogP) is -1.24. The summed E-state index contributed by atoms with van der Waals surface area (Å²) in [7, 11) is 0. The molecule has 0 heterocycles. The van der Waals surface area contributed by atoms with Gasteiger partial charge in [-0.05, 0) is 24.6 Å². The number of carbonyl (C=O) groups is 1. The molecule has 0 spiro atoms. The molecule has 0 atom stereocenters. The zero-order valence-electron chi connectivity index (χ0n) is 9.97. The normalized spacial score (nSPS) is 9.72. The van der Waals surface area contributed by atoms with Crippen LogP contribution in [0.5, 0.6) is 5.75 Å². The molecule has 0 saturated heterocycles. The van der Waals surface area contributed by atoms with E-state index in [4.69, 9.17) is 16.3 Å². The molecule has 0 aliphatic rings. The molecule has 0 unspecified atom stereocenters. The van der Waals surface area contributed by atoms with Crippen molar-refractivity contribution in [3.8, 4) is 5.75 Å². The molecule has 0 aromatic heterocycles. The van der Waals surface area contributed by atoms with E-state index in [1.54, 1.807) is 18.2 Å². The van der Waals surface area contributed by atoms with E-state index in [0.717, 1.165) is 17.6 Å². The van der Waals surface area contributed by atoms with Crippen molar-refractivity contribution in [3.05, 3.63) is 23.8 Å². The van der Waals surface area contributed by atoms with E-state index in [0.29, 0.717) is 10.6 Å². The van der Waals surface area contributed by atoms with Gasteiger partial charge in [0.15, 0.2) is 0 Å². The van der Waals surface area contributed by atoms with E-state index >= 15 is 0 Å². The Morgan fingerprint density at radius 3 is 2.83 bits per heavy atom. The van der Waals surface area contributed by atoms with Crippen molar-refractivity contribution in [1.82, 2.24) is 0 Å². The average molecular weight is 301 g/mol. The Bertz CT molecular complexity index is 391. The summed E-state index contributed by atoms with van der Waals surface area (Å²) in [6.45, 7) is 1.82. The van der Waals surface area contributed by atoms with Crippen molar-refractivity contribution >= 4 is 29.6 Å². The van der Waals surface area contributed by atoms with Crippen molar-refractivity contribution < 1.29 is 53.7 Å². The van der Waals surface area contributed by atoms with Crippen LogP contribution in [0.2, 0.25) is 0 Å². The number of halogens is 1. The smallest absolute Gasteiger partial charge is 0.691 e. The van der Waals surface area contributed by atoms with Gasteiger partial charge in [-0.3, -0.25) is 9.83 Å². The maximum absolute atomic E-state index is 11.2. The number of rotatable bonds is 6. The first kappa shape index (κ1) is 18.2. The van der Waals surface area contributed by atoms with Crippen molar-refractivity contribution in [2.24, 2.45) is 0 Å². The zero-order chi connectivity index (χ0) is 12.7. The van der Waals surface area contributed by atoms with E-state index in [1.807, 2.05) is 6.92 Å². The van der Waals surface area contributed by atoms with Gasteiger partial charge in [0.05, 0.1) is 18.5 Å². The Hall–Kier alpha value is 0.210. The van der Waals surface area contributed by atoms with E-state index in [9.17, 15) is 10.1 Å². The molecule has 1 rings (SSSR count). The van der Waals surface area contributed by atoms with E-state index in [2.05, 4.69) is 9.37 Å². The number of ether oxygens (including phenoxy) is 1. The second-order valence-corrected chi connectivity index (χ2v) is 4.18. The van der Waals surface area contributed by atoms with Gasteiger partial charge in [-0.25, -0.2) is 0 Å². The third-order valence-corrected chi connectivity index (χ3v) is 2.77. The standard InChI is InChI=1S/C10H11ClO5S.Na/c1-7-2-3-8(14-10(12)4-5-11)6-9(7)17-16-15-13;/h2-3,6,13H,4-5H2,1H3;/q;+1/p-1. The second-order valence-electron chi connectivity index (χ2n) is 3.06. The van der Waals surface area contributed by atoms with Gasteiger partial charge >= 0.3 is 35.5 Å². The summed E-state index contributed by atoms with van der Waals surface area (Å²) in [5.74, 6) is 0.155. The number of aryl methyl sites for hydroxylation is 1. The van der Waals surface area contributed by atoms with E-state index < -0.39 is 5.97 Å². The molecule has 0 bridgehead atoms. The first-order valence-corrected chi connectivity index (χ1v) is 5.95. The van der Waals surface area contributed by atoms with Crippen LogP contribution in [0.4, 0.5) is 0 Å². The van der Waals surface area contributed by atoms with Crippen molar-refractivity contribution in [3.63, 3.8) is 0 Å². The first-order chi connectivity index (χ1) is 8.17. The molecule has 8 heteroatoms. The quantitative estimate of drug-likeness (QED) is 0.125. The van der Waals surface area contributed by atoms with E-state index in [1.165, 1.54) is 0 Å². The maximum atomic E-state index is 11.2. The summed E-state index contributed by atoms with van der Waals surface area (Å²) < 4.78 is 9.23. The summed E-state index contributed by atoms with van der Waals surface area (Å²) in [4.78, 5) is 11.8. The van der Waals surface area contributed by atoms with Crippen LogP contribution in [0.25, 0.3) is 0 Å². The second kappa shape index (κ2) is 10.1. The van der Waals surface area contributed by atoms with Gasteiger partial charge < -0.3 is 9.99 Å². The molecular formula is C10H10ClNaO5S. The van der Waals surface area contributed by atoms with Crippen molar-refractivity contribution in [2.75, 3.05) is 5.88 Å². The molecule has 94 valence electrons. The number of benzene rings is 1. The van der Waals surface area contributed by atoms with Gasteiger partial charge in [-0.2, -0.15) is 4.33 Å². The Balaban J connectivity index is 0.00000289. The monoisotopic (exact) mass is 300 g/mol. The van der Waals surface area contributed by atoms with Gasteiger partial charge in [-0.1, -0.05) is 6.07 Å². The van der Waals surface area contributed by atoms with Crippen LogP contribution in [0.15, 0.2) is 23.1 Å². The molecule has 1 aromatic rings. The molecule has 0 aliphatic carbocycles. The van der Waals surface area contributed by atoms with Gasteiger partial charge in [0.2, 0.25) is 0 Å². The fourth-order valence-corrected chi connectivity index (χ4v) is 1.66. The topological polar surface area (TPSA) is 67.8 Å². The van der Waals surface area contributed by atoms with Crippen LogP contribution in [0.1, 0.15) is 12.0 Å². The van der Waals surface area contributed by atoms with Crippen LogP contribution in [0.3, 0.4) is 0 Å². The Kier molecular flexibility index (Phi) is 10.2. The molecule has 0 amide bonds. The SMILES string of the molecule is Cc1ccc(OC(=O)CCCl)cc1SOO[O-].[Na+]. The van der Waals surface area contributed by atoms with Crippen LogP contribution in [-0.2, 0) is 14.2 Å². The minimum Gasteiger partial charge on any atom is -0.691 e. The molecule has 1 aromatic carbocycles. The summed E-state index contributed by atoms with van der Waals surface area (Å²) in [5.41, 5.74) is 0.865. The van der Waals surface area contributed by atoms with Gasteiger partial charge in [0, 0.05) is 10.8 Å². The summed E-state index contributed by atoms with van der Waals surface area (Å²) in [6.07, 6.45) is 0.137. The van der Waals surface area contributed by atoms with Gasteiger partial charge in [0.1, 0.15) is 5.75 Å². The molecule has 5 nitrogen and oxygen atoms in total. The first-order valence-electron chi connectivity index (χ1n) is 4.68. The number of hydrogen-bond donors (Lipinski definition) is 0. The summed E-state index contributed by atoms with van der Waals surface area (Å²) in [5, 5.41) is 13.0. The third-order valence-electron chi connectivity index (χ3n) is 1.84. The molecule has 0 aliphatic heterocycles. The number of esters is 1. The molecular weight excluding hydrogens is 291 g/mol. The fourth-order valence-electron chi connectivity index (χ4n) is 1.04. The van der Waals surface area contributed by atoms with Crippen molar-refractivity contribution in [2.45, 2.75) is 18.2 Å². The maximum Gasteiger partial charge on any atom is 1.00 e. The average Bonchev–Trinajstić information content (AvgIpc) is 2.30. The molecule has 0 N–H and O–H groups in total. The zero-order valence-corrected chi connectivity index (χ0v) is 13.5. The van der Waals surface area contributed by atoms with Crippen LogP contribution in [-0.4, -0.2) is 11.8 Å². The number of alkyl halides is 1. The van der Waals surface area contributed by atoms with Crippen LogP contribution >= 0.6 is 23.6 Å². The largest absolute Gasteiger partial charge is 1.00 e. The molecule has 18 heavy (non-hydrogen) atoms. The molecule has 0 radical (unpaired) electrons. The van der Waals surface area contributed by atoms with Crippen LogP contribution in [0, 0.1) is 6.92 Å². The Morgan fingerprint density at radius 1 is 1.50 bits per heavy atom. The Morgan fingerprint density at radius 2 is 2.22 bits per heavy atom. The summed E-state index contributed by atoms with van der Waals surface area (Å²) in [6, 6.07) is 4.95. The minimum absolute atomic E-state index is 0. The Labute approximate surface area is 136 Å². The third kappa shape index (κ3) is 6.40. The molecule has 0 fully saturated rings. The van der Waals surface area contributed by atoms with Gasteiger partial charge in [-0.15, -0.1) is 11.6 Å². The minimum atomic E-state index is -0.416. The predicted molar refractivity (Wildman–Crippen MR) is 60.2 cm³/mol. The van der Waals surface area contributed by atoms with Gasteiger partial charge in [0.25, 0.3) is 0 Å².